The number of para-hydroxylation sites is 1. The maximum absolute atomic E-state index is 13.4. The first-order chi connectivity index (χ1) is 12.1. The molecule has 4 heteroatoms. The SMILES string of the molecule is CCOC(=O)[C@@]1(Cc2ccccc2)Cc2ccccc2N(CC)C1=O. The Balaban J connectivity index is 2.10. The third kappa shape index (κ3) is 3.04. The van der Waals surface area contributed by atoms with E-state index in [1.165, 1.54) is 0 Å². The summed E-state index contributed by atoms with van der Waals surface area (Å²) in [6.45, 7) is 4.48. The van der Waals surface area contributed by atoms with E-state index in [0.29, 0.717) is 19.4 Å². The van der Waals surface area contributed by atoms with E-state index in [1.807, 2.05) is 61.5 Å². The van der Waals surface area contributed by atoms with Gasteiger partial charge in [0.25, 0.3) is 0 Å². The van der Waals surface area contributed by atoms with Crippen molar-refractivity contribution in [3.8, 4) is 0 Å². The molecule has 1 atom stereocenters. The van der Waals surface area contributed by atoms with E-state index in [2.05, 4.69) is 0 Å². The van der Waals surface area contributed by atoms with Gasteiger partial charge in [-0.2, -0.15) is 0 Å². The van der Waals surface area contributed by atoms with Crippen molar-refractivity contribution in [2.24, 2.45) is 5.41 Å². The van der Waals surface area contributed by atoms with Gasteiger partial charge in [0, 0.05) is 12.2 Å². The number of hydrogen-bond acceptors (Lipinski definition) is 3. The summed E-state index contributed by atoms with van der Waals surface area (Å²) in [6.07, 6.45) is 0.711. The molecule has 0 saturated carbocycles. The van der Waals surface area contributed by atoms with Crippen molar-refractivity contribution in [1.82, 2.24) is 0 Å². The van der Waals surface area contributed by atoms with E-state index in [1.54, 1.807) is 11.8 Å². The molecule has 130 valence electrons. The predicted octanol–water partition coefficient (Wildman–Crippen LogP) is 3.39. The summed E-state index contributed by atoms with van der Waals surface area (Å²) in [5.74, 6) is -0.604. The molecule has 1 heterocycles. The Morgan fingerprint density at radius 3 is 2.44 bits per heavy atom. The van der Waals surface area contributed by atoms with Gasteiger partial charge in [0.2, 0.25) is 5.91 Å². The lowest BCUT2D eigenvalue weighted by Crippen LogP contribution is -2.55. The number of hydrogen-bond donors (Lipinski definition) is 0. The van der Waals surface area contributed by atoms with E-state index in [0.717, 1.165) is 16.8 Å². The molecule has 0 aromatic heterocycles. The van der Waals surface area contributed by atoms with Crippen molar-refractivity contribution >= 4 is 17.6 Å². The van der Waals surface area contributed by atoms with Gasteiger partial charge in [-0.15, -0.1) is 0 Å². The number of amides is 1. The molecule has 3 rings (SSSR count). The summed E-state index contributed by atoms with van der Waals surface area (Å²) in [5.41, 5.74) is 1.65. The molecule has 0 radical (unpaired) electrons. The van der Waals surface area contributed by atoms with E-state index in [-0.39, 0.29) is 12.5 Å². The molecule has 0 spiro atoms. The van der Waals surface area contributed by atoms with Crippen LogP contribution in [0.15, 0.2) is 54.6 Å². The first-order valence-corrected chi connectivity index (χ1v) is 8.73. The highest BCUT2D eigenvalue weighted by Gasteiger charge is 2.52. The van der Waals surface area contributed by atoms with Gasteiger partial charge in [0.15, 0.2) is 5.41 Å². The zero-order valence-electron chi connectivity index (χ0n) is 14.7. The van der Waals surface area contributed by atoms with Gasteiger partial charge in [-0.1, -0.05) is 48.5 Å². The number of nitrogens with zero attached hydrogens (tertiary/aromatic N) is 1. The van der Waals surface area contributed by atoms with Crippen LogP contribution < -0.4 is 4.90 Å². The second kappa shape index (κ2) is 7.09. The minimum atomic E-state index is -1.21. The molecule has 0 fully saturated rings. The number of carbonyl (C=O) groups is 2. The minimum absolute atomic E-state index is 0.170. The van der Waals surface area contributed by atoms with Crippen molar-refractivity contribution in [2.45, 2.75) is 26.7 Å². The van der Waals surface area contributed by atoms with Gasteiger partial charge in [-0.3, -0.25) is 9.59 Å². The highest BCUT2D eigenvalue weighted by Crippen LogP contribution is 2.41. The summed E-state index contributed by atoms with van der Waals surface area (Å²) < 4.78 is 5.35. The zero-order chi connectivity index (χ0) is 17.9. The molecule has 25 heavy (non-hydrogen) atoms. The Labute approximate surface area is 148 Å². The Bertz CT molecular complexity index is 772. The third-order valence-corrected chi connectivity index (χ3v) is 4.76. The number of benzene rings is 2. The van der Waals surface area contributed by atoms with Crippen LogP contribution in [0, 0.1) is 5.41 Å². The average Bonchev–Trinajstić information content (AvgIpc) is 2.63. The number of anilines is 1. The molecule has 1 aliphatic rings. The molecule has 0 N–H and O–H groups in total. The van der Waals surface area contributed by atoms with Crippen LogP contribution in [0.1, 0.15) is 25.0 Å². The molecule has 2 aromatic rings. The monoisotopic (exact) mass is 337 g/mol. The van der Waals surface area contributed by atoms with Crippen molar-refractivity contribution in [3.05, 3.63) is 65.7 Å². The van der Waals surface area contributed by atoms with Gasteiger partial charge in [0.1, 0.15) is 0 Å². The van der Waals surface area contributed by atoms with Crippen molar-refractivity contribution < 1.29 is 14.3 Å². The Kier molecular flexibility index (Phi) is 4.88. The maximum Gasteiger partial charge on any atom is 0.322 e. The second-order valence-corrected chi connectivity index (χ2v) is 6.32. The normalized spacial score (nSPS) is 19.4. The average molecular weight is 337 g/mol. The zero-order valence-corrected chi connectivity index (χ0v) is 14.7. The fourth-order valence-electron chi connectivity index (χ4n) is 3.59. The van der Waals surface area contributed by atoms with Crippen LogP contribution in [0.3, 0.4) is 0 Å². The molecule has 1 amide bonds. The van der Waals surface area contributed by atoms with Crippen LogP contribution in [0.2, 0.25) is 0 Å². The smallest absolute Gasteiger partial charge is 0.322 e. The van der Waals surface area contributed by atoms with Gasteiger partial charge >= 0.3 is 5.97 Å². The first-order valence-electron chi connectivity index (χ1n) is 8.73. The maximum atomic E-state index is 13.4. The van der Waals surface area contributed by atoms with Crippen LogP contribution >= 0.6 is 0 Å². The second-order valence-electron chi connectivity index (χ2n) is 6.32. The number of rotatable bonds is 5. The molecule has 0 aliphatic carbocycles. The largest absolute Gasteiger partial charge is 0.465 e. The van der Waals surface area contributed by atoms with Gasteiger partial charge in [0.05, 0.1) is 6.61 Å². The molecule has 4 nitrogen and oxygen atoms in total. The van der Waals surface area contributed by atoms with Gasteiger partial charge in [-0.05, 0) is 43.9 Å². The van der Waals surface area contributed by atoms with Crippen LogP contribution in [0.25, 0.3) is 0 Å². The summed E-state index contributed by atoms with van der Waals surface area (Å²) in [6, 6.07) is 17.5. The summed E-state index contributed by atoms with van der Waals surface area (Å²) in [4.78, 5) is 28.0. The summed E-state index contributed by atoms with van der Waals surface area (Å²) in [7, 11) is 0. The molecule has 0 unspecified atom stereocenters. The van der Waals surface area contributed by atoms with Crippen LogP contribution in [0.4, 0.5) is 5.69 Å². The molecular formula is C21H23NO3. The Morgan fingerprint density at radius 1 is 1.08 bits per heavy atom. The molecule has 1 aliphatic heterocycles. The minimum Gasteiger partial charge on any atom is -0.465 e. The molecule has 2 aromatic carbocycles. The van der Waals surface area contributed by atoms with E-state index >= 15 is 0 Å². The topological polar surface area (TPSA) is 46.6 Å². The summed E-state index contributed by atoms with van der Waals surface area (Å²) in [5, 5.41) is 0. The highest BCUT2D eigenvalue weighted by molar-refractivity contribution is 6.12. The van der Waals surface area contributed by atoms with E-state index in [4.69, 9.17) is 4.74 Å². The fraction of sp³-hybridized carbons (Fsp3) is 0.333. The summed E-state index contributed by atoms with van der Waals surface area (Å²) >= 11 is 0. The van der Waals surface area contributed by atoms with Gasteiger partial charge in [-0.25, -0.2) is 0 Å². The predicted molar refractivity (Wildman–Crippen MR) is 97.4 cm³/mol. The van der Waals surface area contributed by atoms with E-state index < -0.39 is 11.4 Å². The molecular weight excluding hydrogens is 314 g/mol. The van der Waals surface area contributed by atoms with Gasteiger partial charge < -0.3 is 9.64 Å². The Morgan fingerprint density at radius 2 is 1.76 bits per heavy atom. The number of esters is 1. The van der Waals surface area contributed by atoms with E-state index in [9.17, 15) is 9.59 Å². The van der Waals surface area contributed by atoms with Crippen LogP contribution in [0.5, 0.6) is 0 Å². The van der Waals surface area contributed by atoms with Crippen LogP contribution in [-0.2, 0) is 27.2 Å². The Hall–Kier alpha value is -2.62. The van der Waals surface area contributed by atoms with Crippen LogP contribution in [-0.4, -0.2) is 25.0 Å². The number of carbonyl (C=O) groups excluding carboxylic acids is 2. The highest BCUT2D eigenvalue weighted by atomic mass is 16.5. The first kappa shape index (κ1) is 17.2. The lowest BCUT2D eigenvalue weighted by molar-refractivity contribution is -0.160. The molecule has 0 saturated heterocycles. The van der Waals surface area contributed by atoms with Crippen molar-refractivity contribution in [1.29, 1.82) is 0 Å². The number of fused-ring (bicyclic) bond motifs is 1. The fourth-order valence-corrected chi connectivity index (χ4v) is 3.59. The lowest BCUT2D eigenvalue weighted by atomic mass is 9.72. The van der Waals surface area contributed by atoms with Crippen molar-refractivity contribution in [3.63, 3.8) is 0 Å². The quantitative estimate of drug-likeness (QED) is 0.621. The van der Waals surface area contributed by atoms with Crippen molar-refractivity contribution in [2.75, 3.05) is 18.1 Å². The lowest BCUT2D eigenvalue weighted by Gasteiger charge is -2.40. The third-order valence-electron chi connectivity index (χ3n) is 4.76. The standard InChI is InChI=1S/C21H23NO3/c1-3-22-18-13-9-8-12-17(18)15-21(19(22)23,20(24)25-4-2)14-16-10-6-5-7-11-16/h5-13H,3-4,14-15H2,1-2H3/t21-/m0/s1. The molecule has 0 bridgehead atoms. The number of ether oxygens (including phenoxy) is 1.